The Morgan fingerprint density at radius 2 is 2.53 bits per heavy atom. The Morgan fingerprint density at radius 1 is 1.63 bits per heavy atom. The van der Waals surface area contributed by atoms with Gasteiger partial charge in [0.05, 0.1) is 6.04 Å². The summed E-state index contributed by atoms with van der Waals surface area (Å²) in [5.74, 6) is -0.212. The molecule has 7 heteroatoms. The second-order valence-electron chi connectivity index (χ2n) is 4.58. The lowest BCUT2D eigenvalue weighted by molar-refractivity contribution is 0.0987. The maximum atomic E-state index is 11.0. The van der Waals surface area contributed by atoms with Crippen LogP contribution in [-0.4, -0.2) is 27.5 Å². The van der Waals surface area contributed by atoms with Crippen LogP contribution in [0.2, 0.25) is 0 Å². The van der Waals surface area contributed by atoms with E-state index in [4.69, 9.17) is 10.3 Å². The summed E-state index contributed by atoms with van der Waals surface area (Å²) >= 11 is 1.69. The number of hydrogen-bond donors (Lipinski definition) is 1. The predicted octanol–water partition coefficient (Wildman–Crippen LogP) is 1.57. The first-order valence-electron chi connectivity index (χ1n) is 6.12. The molecule has 1 aliphatic heterocycles. The topological polar surface area (TPSA) is 85.2 Å². The van der Waals surface area contributed by atoms with Crippen LogP contribution in [-0.2, 0) is 6.54 Å². The van der Waals surface area contributed by atoms with Gasteiger partial charge >= 0.3 is 0 Å². The average Bonchev–Trinajstić information content (AvgIpc) is 3.09. The zero-order valence-corrected chi connectivity index (χ0v) is 11.1. The lowest BCUT2D eigenvalue weighted by Crippen LogP contribution is -2.23. The Labute approximate surface area is 114 Å². The van der Waals surface area contributed by atoms with E-state index < -0.39 is 5.91 Å². The van der Waals surface area contributed by atoms with Gasteiger partial charge in [-0.3, -0.25) is 9.69 Å². The molecule has 1 saturated heterocycles. The van der Waals surface area contributed by atoms with Crippen LogP contribution < -0.4 is 5.73 Å². The molecule has 0 radical (unpaired) electrons. The lowest BCUT2D eigenvalue weighted by Gasteiger charge is -2.20. The number of nitrogens with zero attached hydrogens (tertiary/aromatic N) is 3. The van der Waals surface area contributed by atoms with Crippen LogP contribution in [0.3, 0.4) is 0 Å². The first-order valence-corrected chi connectivity index (χ1v) is 7.07. The van der Waals surface area contributed by atoms with Gasteiger partial charge in [-0.05, 0) is 41.8 Å². The minimum Gasteiger partial charge on any atom is -0.363 e. The van der Waals surface area contributed by atoms with Crippen molar-refractivity contribution in [3.63, 3.8) is 0 Å². The third-order valence-electron chi connectivity index (χ3n) is 3.28. The molecule has 2 N–H and O–H groups in total. The number of likely N-dealkylation sites (tertiary alicyclic amines) is 1. The van der Waals surface area contributed by atoms with Crippen molar-refractivity contribution in [1.82, 2.24) is 15.0 Å². The standard InChI is InChI=1S/C12H14N4O2S/c13-10(17)11-14-12(18-15-11)9-2-1-4-16(9)6-8-3-5-19-7-8/h3,5,7,9H,1-2,4,6H2,(H2,13,17)/t9-/m1/s1. The number of carbonyl (C=O) groups excluding carboxylic acids is 1. The van der Waals surface area contributed by atoms with E-state index in [-0.39, 0.29) is 11.9 Å². The van der Waals surface area contributed by atoms with Crippen molar-refractivity contribution in [2.45, 2.75) is 25.4 Å². The highest BCUT2D eigenvalue weighted by Crippen LogP contribution is 2.32. The number of primary amides is 1. The molecule has 6 nitrogen and oxygen atoms in total. The Morgan fingerprint density at radius 3 is 3.21 bits per heavy atom. The summed E-state index contributed by atoms with van der Waals surface area (Å²) < 4.78 is 5.16. The van der Waals surface area contributed by atoms with Crippen molar-refractivity contribution in [2.75, 3.05) is 6.54 Å². The van der Waals surface area contributed by atoms with Gasteiger partial charge in [-0.25, -0.2) is 0 Å². The zero-order chi connectivity index (χ0) is 13.2. The van der Waals surface area contributed by atoms with Crippen molar-refractivity contribution in [3.05, 3.63) is 34.1 Å². The van der Waals surface area contributed by atoms with Gasteiger partial charge < -0.3 is 10.3 Å². The Bertz CT molecular complexity index is 566. The molecule has 1 fully saturated rings. The number of hydrogen-bond acceptors (Lipinski definition) is 6. The van der Waals surface area contributed by atoms with Crippen molar-refractivity contribution < 1.29 is 9.32 Å². The fraction of sp³-hybridized carbons (Fsp3) is 0.417. The van der Waals surface area contributed by atoms with Crippen LogP contribution in [0.4, 0.5) is 0 Å². The largest absolute Gasteiger partial charge is 0.363 e. The monoisotopic (exact) mass is 278 g/mol. The molecule has 3 rings (SSSR count). The van der Waals surface area contributed by atoms with Gasteiger partial charge in [0.1, 0.15) is 0 Å². The van der Waals surface area contributed by atoms with Gasteiger partial charge in [-0.2, -0.15) is 16.3 Å². The Hall–Kier alpha value is -1.73. The molecule has 19 heavy (non-hydrogen) atoms. The van der Waals surface area contributed by atoms with E-state index in [0.29, 0.717) is 5.89 Å². The van der Waals surface area contributed by atoms with Crippen LogP contribution in [0.1, 0.15) is 41.0 Å². The summed E-state index contributed by atoms with van der Waals surface area (Å²) in [5, 5.41) is 7.81. The third kappa shape index (κ3) is 2.52. The van der Waals surface area contributed by atoms with E-state index >= 15 is 0 Å². The van der Waals surface area contributed by atoms with E-state index in [1.54, 1.807) is 11.3 Å². The fourth-order valence-electron chi connectivity index (χ4n) is 2.38. The number of thiophene rings is 1. The van der Waals surface area contributed by atoms with E-state index in [0.717, 1.165) is 25.9 Å². The molecule has 100 valence electrons. The van der Waals surface area contributed by atoms with Gasteiger partial charge in [0, 0.05) is 6.54 Å². The highest BCUT2D eigenvalue weighted by Gasteiger charge is 2.31. The van der Waals surface area contributed by atoms with Gasteiger partial charge in [0.15, 0.2) is 0 Å². The Balaban J connectivity index is 1.76. The number of carbonyl (C=O) groups is 1. The quantitative estimate of drug-likeness (QED) is 0.917. The summed E-state index contributed by atoms with van der Waals surface area (Å²) in [4.78, 5) is 17.4. The molecule has 2 aromatic heterocycles. The van der Waals surface area contributed by atoms with Crippen LogP contribution >= 0.6 is 11.3 Å². The second kappa shape index (κ2) is 5.10. The molecule has 1 atom stereocenters. The maximum absolute atomic E-state index is 11.0. The molecule has 0 saturated carbocycles. The van der Waals surface area contributed by atoms with Gasteiger partial charge in [0.2, 0.25) is 5.89 Å². The number of amides is 1. The minimum atomic E-state index is -0.655. The van der Waals surface area contributed by atoms with Gasteiger partial charge in [-0.1, -0.05) is 5.16 Å². The summed E-state index contributed by atoms with van der Waals surface area (Å²) in [6.45, 7) is 1.86. The smallest absolute Gasteiger partial charge is 0.290 e. The molecule has 0 unspecified atom stereocenters. The molecular weight excluding hydrogens is 264 g/mol. The Kier molecular flexibility index (Phi) is 3.31. The maximum Gasteiger partial charge on any atom is 0.290 e. The van der Waals surface area contributed by atoms with Crippen LogP contribution in [0.5, 0.6) is 0 Å². The van der Waals surface area contributed by atoms with Crippen LogP contribution in [0, 0.1) is 0 Å². The van der Waals surface area contributed by atoms with E-state index in [1.807, 2.05) is 0 Å². The van der Waals surface area contributed by atoms with E-state index in [9.17, 15) is 4.79 Å². The molecule has 0 aromatic carbocycles. The molecule has 1 amide bonds. The van der Waals surface area contributed by atoms with Gasteiger partial charge in [-0.15, -0.1) is 0 Å². The minimum absolute atomic E-state index is 0.0441. The van der Waals surface area contributed by atoms with Crippen molar-refractivity contribution >= 4 is 17.2 Å². The molecule has 0 bridgehead atoms. The summed E-state index contributed by atoms with van der Waals surface area (Å²) in [6, 6.07) is 2.20. The summed E-state index contributed by atoms with van der Waals surface area (Å²) in [7, 11) is 0. The normalized spacial score (nSPS) is 19.9. The second-order valence-corrected chi connectivity index (χ2v) is 5.36. The molecule has 2 aromatic rings. The summed E-state index contributed by atoms with van der Waals surface area (Å²) in [6.07, 6.45) is 2.05. The first-order chi connectivity index (χ1) is 9.24. The molecule has 1 aliphatic rings. The molecule has 0 spiro atoms. The molecular formula is C12H14N4O2S. The highest BCUT2D eigenvalue weighted by molar-refractivity contribution is 7.07. The fourth-order valence-corrected chi connectivity index (χ4v) is 3.04. The number of nitrogens with two attached hydrogens (primary N) is 1. The van der Waals surface area contributed by atoms with Gasteiger partial charge in [0.25, 0.3) is 11.7 Å². The number of rotatable bonds is 4. The lowest BCUT2D eigenvalue weighted by atomic mass is 10.2. The predicted molar refractivity (Wildman–Crippen MR) is 69.5 cm³/mol. The third-order valence-corrected chi connectivity index (χ3v) is 4.01. The first kappa shape index (κ1) is 12.3. The van der Waals surface area contributed by atoms with Crippen LogP contribution in [0.15, 0.2) is 21.3 Å². The summed E-state index contributed by atoms with van der Waals surface area (Å²) in [5.41, 5.74) is 6.42. The number of aromatic nitrogens is 2. The van der Waals surface area contributed by atoms with E-state index in [1.165, 1.54) is 5.56 Å². The van der Waals surface area contributed by atoms with Crippen molar-refractivity contribution in [2.24, 2.45) is 5.73 Å². The SMILES string of the molecule is NC(=O)c1noc([C@H]2CCCN2Cc2ccsc2)n1. The molecule has 3 heterocycles. The van der Waals surface area contributed by atoms with Crippen LogP contribution in [0.25, 0.3) is 0 Å². The molecule has 0 aliphatic carbocycles. The van der Waals surface area contributed by atoms with Crippen molar-refractivity contribution in [1.29, 1.82) is 0 Å². The highest BCUT2D eigenvalue weighted by atomic mass is 32.1. The van der Waals surface area contributed by atoms with Crippen molar-refractivity contribution in [3.8, 4) is 0 Å². The van der Waals surface area contributed by atoms with E-state index in [2.05, 4.69) is 31.9 Å². The zero-order valence-electron chi connectivity index (χ0n) is 10.3. The average molecular weight is 278 g/mol.